The van der Waals surface area contributed by atoms with E-state index in [0.717, 1.165) is 0 Å². The number of carbonyl (C=O) groups is 2. The van der Waals surface area contributed by atoms with Gasteiger partial charge in [0.2, 0.25) is 0 Å². The maximum absolute atomic E-state index is 11.0. The highest BCUT2D eigenvalue weighted by molar-refractivity contribution is 5.70. The number of ether oxygens (including phenoxy) is 2. The Labute approximate surface area is 95.7 Å². The molecule has 5 nitrogen and oxygen atoms in total. The number of unbranched alkanes of at least 4 members (excludes halogenated alkanes) is 1. The van der Waals surface area contributed by atoms with Crippen molar-refractivity contribution in [2.45, 2.75) is 45.1 Å². The van der Waals surface area contributed by atoms with Gasteiger partial charge in [-0.05, 0) is 19.8 Å². The molecule has 0 aliphatic rings. The highest BCUT2D eigenvalue weighted by Crippen LogP contribution is 2.07. The number of aliphatic hydroxyl groups excluding tert-OH is 1. The van der Waals surface area contributed by atoms with Crippen LogP contribution in [0.5, 0.6) is 0 Å². The lowest BCUT2D eigenvalue weighted by Crippen LogP contribution is -2.15. The molecule has 5 heteroatoms. The average Bonchev–Trinajstić information content (AvgIpc) is 2.24. The molecule has 0 rings (SSSR count). The van der Waals surface area contributed by atoms with Crippen molar-refractivity contribution in [1.82, 2.24) is 0 Å². The maximum atomic E-state index is 11.0. The van der Waals surface area contributed by atoms with Gasteiger partial charge in [0.15, 0.2) is 0 Å². The molecule has 0 saturated carbocycles. The summed E-state index contributed by atoms with van der Waals surface area (Å²) in [6.07, 6.45) is 1.53. The van der Waals surface area contributed by atoms with Crippen LogP contribution in [0.2, 0.25) is 0 Å². The summed E-state index contributed by atoms with van der Waals surface area (Å²) < 4.78 is 9.18. The molecule has 0 aromatic carbocycles. The van der Waals surface area contributed by atoms with Gasteiger partial charge < -0.3 is 14.6 Å². The van der Waals surface area contributed by atoms with E-state index in [-0.39, 0.29) is 18.4 Å². The lowest BCUT2D eigenvalue weighted by molar-refractivity contribution is -0.145. The summed E-state index contributed by atoms with van der Waals surface area (Å²) in [5.74, 6) is -0.636. The van der Waals surface area contributed by atoms with Crippen molar-refractivity contribution < 1.29 is 24.2 Å². The van der Waals surface area contributed by atoms with E-state index in [9.17, 15) is 14.7 Å². The topological polar surface area (TPSA) is 72.8 Å². The standard InChI is InChI=1S/C11H20O5/c1-3-16-11(14)8-9(12)6-4-5-7-10(13)15-2/h9,12H,3-8H2,1-2H3/t9-/m1/s1. The first-order valence-electron chi connectivity index (χ1n) is 5.50. The second kappa shape index (κ2) is 9.15. The molecule has 0 fully saturated rings. The highest BCUT2D eigenvalue weighted by atomic mass is 16.5. The first-order valence-corrected chi connectivity index (χ1v) is 5.50. The quantitative estimate of drug-likeness (QED) is 0.500. The first kappa shape index (κ1) is 14.9. The number of carbonyl (C=O) groups excluding carboxylic acids is 2. The van der Waals surface area contributed by atoms with E-state index >= 15 is 0 Å². The minimum Gasteiger partial charge on any atom is -0.469 e. The van der Waals surface area contributed by atoms with Gasteiger partial charge in [0, 0.05) is 6.42 Å². The normalized spacial score (nSPS) is 11.9. The van der Waals surface area contributed by atoms with Gasteiger partial charge in [-0.15, -0.1) is 0 Å². The molecule has 0 aromatic rings. The number of rotatable bonds is 8. The predicted octanol–water partition coefficient (Wildman–Crippen LogP) is 1.03. The third-order valence-corrected chi connectivity index (χ3v) is 2.10. The fourth-order valence-corrected chi connectivity index (χ4v) is 1.27. The van der Waals surface area contributed by atoms with E-state index in [1.807, 2.05) is 0 Å². The van der Waals surface area contributed by atoms with E-state index in [0.29, 0.717) is 32.3 Å². The van der Waals surface area contributed by atoms with Crippen LogP contribution in [0.4, 0.5) is 0 Å². The van der Waals surface area contributed by atoms with Gasteiger partial charge in [0.25, 0.3) is 0 Å². The van der Waals surface area contributed by atoms with Crippen molar-refractivity contribution in [3.05, 3.63) is 0 Å². The van der Waals surface area contributed by atoms with E-state index in [4.69, 9.17) is 4.74 Å². The molecule has 0 amide bonds. The lowest BCUT2D eigenvalue weighted by Gasteiger charge is -2.09. The summed E-state index contributed by atoms with van der Waals surface area (Å²) in [5.41, 5.74) is 0. The summed E-state index contributed by atoms with van der Waals surface area (Å²) in [7, 11) is 1.35. The molecule has 0 unspecified atom stereocenters. The van der Waals surface area contributed by atoms with Gasteiger partial charge in [-0.3, -0.25) is 9.59 Å². The SMILES string of the molecule is CCOC(=O)C[C@H](O)CCCCC(=O)OC. The fraction of sp³-hybridized carbons (Fsp3) is 0.818. The van der Waals surface area contributed by atoms with Crippen LogP contribution < -0.4 is 0 Å². The third-order valence-electron chi connectivity index (χ3n) is 2.10. The average molecular weight is 232 g/mol. The van der Waals surface area contributed by atoms with Crippen LogP contribution in [0.1, 0.15) is 39.0 Å². The Kier molecular flexibility index (Phi) is 8.52. The Balaban J connectivity index is 3.46. The van der Waals surface area contributed by atoms with E-state index in [1.165, 1.54) is 7.11 Å². The highest BCUT2D eigenvalue weighted by Gasteiger charge is 2.11. The van der Waals surface area contributed by atoms with Crippen molar-refractivity contribution in [3.8, 4) is 0 Å². The molecular weight excluding hydrogens is 212 g/mol. The van der Waals surface area contributed by atoms with Crippen LogP contribution in [-0.4, -0.2) is 36.9 Å². The van der Waals surface area contributed by atoms with Crippen LogP contribution >= 0.6 is 0 Å². The molecule has 0 aliphatic heterocycles. The van der Waals surface area contributed by atoms with E-state index in [1.54, 1.807) is 6.92 Å². The smallest absolute Gasteiger partial charge is 0.308 e. The molecule has 0 spiro atoms. The van der Waals surface area contributed by atoms with Crippen LogP contribution in [0, 0.1) is 0 Å². The van der Waals surface area contributed by atoms with E-state index in [2.05, 4.69) is 4.74 Å². The zero-order valence-corrected chi connectivity index (χ0v) is 9.90. The Bertz CT molecular complexity index is 214. The molecule has 0 bridgehead atoms. The molecular formula is C11H20O5. The Morgan fingerprint density at radius 1 is 1.25 bits per heavy atom. The number of hydrogen-bond acceptors (Lipinski definition) is 5. The summed E-state index contributed by atoms with van der Waals surface area (Å²) >= 11 is 0. The summed E-state index contributed by atoms with van der Waals surface area (Å²) in [6.45, 7) is 2.05. The Morgan fingerprint density at radius 2 is 1.94 bits per heavy atom. The number of esters is 2. The van der Waals surface area contributed by atoms with Crippen molar-refractivity contribution >= 4 is 11.9 Å². The van der Waals surface area contributed by atoms with Crippen LogP contribution in [0.25, 0.3) is 0 Å². The minimum atomic E-state index is -0.684. The number of hydrogen-bond donors (Lipinski definition) is 1. The lowest BCUT2D eigenvalue weighted by atomic mass is 10.1. The molecule has 16 heavy (non-hydrogen) atoms. The van der Waals surface area contributed by atoms with Crippen molar-refractivity contribution in [3.63, 3.8) is 0 Å². The van der Waals surface area contributed by atoms with Crippen LogP contribution in [0.3, 0.4) is 0 Å². The van der Waals surface area contributed by atoms with Crippen molar-refractivity contribution in [2.75, 3.05) is 13.7 Å². The molecule has 0 radical (unpaired) electrons. The largest absolute Gasteiger partial charge is 0.469 e. The van der Waals surface area contributed by atoms with Gasteiger partial charge in [0.1, 0.15) is 0 Å². The predicted molar refractivity (Wildman–Crippen MR) is 57.7 cm³/mol. The minimum absolute atomic E-state index is 0.0199. The zero-order chi connectivity index (χ0) is 12.4. The van der Waals surface area contributed by atoms with Gasteiger partial charge in [-0.25, -0.2) is 0 Å². The monoisotopic (exact) mass is 232 g/mol. The Hall–Kier alpha value is -1.10. The van der Waals surface area contributed by atoms with Crippen LogP contribution in [-0.2, 0) is 19.1 Å². The summed E-state index contributed by atoms with van der Waals surface area (Å²) in [6, 6.07) is 0. The molecule has 1 atom stereocenters. The van der Waals surface area contributed by atoms with Gasteiger partial charge in [-0.1, -0.05) is 6.42 Å². The first-order chi connectivity index (χ1) is 7.60. The molecule has 0 aromatic heterocycles. The zero-order valence-electron chi connectivity index (χ0n) is 9.90. The number of methoxy groups -OCH3 is 1. The molecule has 0 saturated heterocycles. The number of aliphatic hydroxyl groups is 1. The Morgan fingerprint density at radius 3 is 2.50 bits per heavy atom. The molecule has 94 valence electrons. The van der Waals surface area contributed by atoms with Gasteiger partial charge >= 0.3 is 11.9 Å². The second-order valence-electron chi connectivity index (χ2n) is 3.48. The molecule has 0 heterocycles. The van der Waals surface area contributed by atoms with Gasteiger partial charge in [0.05, 0.1) is 26.2 Å². The van der Waals surface area contributed by atoms with Gasteiger partial charge in [-0.2, -0.15) is 0 Å². The van der Waals surface area contributed by atoms with Crippen LogP contribution in [0.15, 0.2) is 0 Å². The van der Waals surface area contributed by atoms with Crippen molar-refractivity contribution in [2.24, 2.45) is 0 Å². The van der Waals surface area contributed by atoms with Crippen molar-refractivity contribution in [1.29, 1.82) is 0 Å². The fourth-order valence-electron chi connectivity index (χ4n) is 1.27. The molecule has 0 aliphatic carbocycles. The third kappa shape index (κ3) is 8.23. The second-order valence-corrected chi connectivity index (χ2v) is 3.48. The maximum Gasteiger partial charge on any atom is 0.308 e. The summed E-state index contributed by atoms with van der Waals surface area (Å²) in [4.78, 5) is 21.7. The van der Waals surface area contributed by atoms with E-state index < -0.39 is 6.10 Å². The summed E-state index contributed by atoms with van der Waals surface area (Å²) in [5, 5.41) is 9.45. The molecule has 1 N–H and O–H groups in total.